The molecule has 0 amide bonds. The molecular weight excluding hydrogens is 354 g/mol. The number of nitrogens with zero attached hydrogens (tertiary/aromatic N) is 3. The van der Waals surface area contributed by atoms with E-state index < -0.39 is 0 Å². The molecular formula is C26H31N3. The van der Waals surface area contributed by atoms with E-state index >= 15 is 0 Å². The summed E-state index contributed by atoms with van der Waals surface area (Å²) in [5.74, 6) is 0.795. The molecule has 2 aromatic carbocycles. The van der Waals surface area contributed by atoms with E-state index in [-0.39, 0.29) is 0 Å². The normalized spacial score (nSPS) is 19.3. The summed E-state index contributed by atoms with van der Waals surface area (Å²) in [7, 11) is 0. The zero-order valence-corrected chi connectivity index (χ0v) is 17.8. The molecule has 0 saturated carbocycles. The predicted molar refractivity (Wildman–Crippen MR) is 119 cm³/mol. The van der Waals surface area contributed by atoms with E-state index in [0.717, 1.165) is 63.5 Å². The van der Waals surface area contributed by atoms with Gasteiger partial charge in [0, 0.05) is 26.2 Å². The maximum atomic E-state index is 10.3. The fourth-order valence-electron chi connectivity index (χ4n) is 5.70. The monoisotopic (exact) mass is 385 g/mol. The van der Waals surface area contributed by atoms with Gasteiger partial charge in [0.1, 0.15) is 6.07 Å². The molecule has 0 unspecified atom stereocenters. The average molecular weight is 386 g/mol. The highest BCUT2D eigenvalue weighted by Crippen LogP contribution is 2.46. The van der Waals surface area contributed by atoms with Gasteiger partial charge < -0.3 is 4.90 Å². The third kappa shape index (κ3) is 3.06. The second kappa shape index (κ2) is 7.50. The largest absolute Gasteiger partial charge is 0.370 e. The predicted octanol–water partition coefficient (Wildman–Crippen LogP) is 4.94. The summed E-state index contributed by atoms with van der Waals surface area (Å²) >= 11 is 0. The molecule has 0 spiro atoms. The lowest BCUT2D eigenvalue weighted by atomic mass is 9.76. The zero-order valence-electron chi connectivity index (χ0n) is 17.8. The van der Waals surface area contributed by atoms with Crippen molar-refractivity contribution >= 4 is 5.69 Å². The third-order valence-electron chi connectivity index (χ3n) is 7.44. The van der Waals surface area contributed by atoms with Crippen LogP contribution in [0.4, 0.5) is 5.69 Å². The number of benzene rings is 2. The Bertz CT molecular complexity index is 976. The van der Waals surface area contributed by atoms with E-state index in [1.807, 2.05) is 0 Å². The lowest BCUT2D eigenvalue weighted by Gasteiger charge is -2.39. The molecule has 3 heteroatoms. The zero-order chi connectivity index (χ0) is 20.0. The van der Waals surface area contributed by atoms with Crippen LogP contribution in [-0.2, 0) is 25.8 Å². The van der Waals surface area contributed by atoms with Crippen molar-refractivity contribution in [1.82, 2.24) is 4.90 Å². The van der Waals surface area contributed by atoms with Crippen LogP contribution in [0.1, 0.15) is 54.5 Å². The number of anilines is 1. The fourth-order valence-corrected chi connectivity index (χ4v) is 5.70. The molecule has 150 valence electrons. The molecule has 0 N–H and O–H groups in total. The number of piperidine rings is 1. The maximum absolute atomic E-state index is 10.3. The summed E-state index contributed by atoms with van der Waals surface area (Å²) in [5, 5.41) is 10.3. The molecule has 3 nitrogen and oxygen atoms in total. The van der Waals surface area contributed by atoms with Gasteiger partial charge in [-0.05, 0) is 77.9 Å². The van der Waals surface area contributed by atoms with Crippen LogP contribution < -0.4 is 4.90 Å². The highest BCUT2D eigenvalue weighted by atomic mass is 15.1. The van der Waals surface area contributed by atoms with Gasteiger partial charge in [0.15, 0.2) is 0 Å². The smallest absolute Gasteiger partial charge is 0.102 e. The minimum atomic E-state index is 0.795. The fraction of sp³-hybridized carbons (Fsp3) is 0.500. The van der Waals surface area contributed by atoms with E-state index in [2.05, 4.69) is 54.0 Å². The first-order valence-corrected chi connectivity index (χ1v) is 11.4. The Labute approximate surface area is 174 Å². The number of likely N-dealkylation sites (N-methyl/N-ethyl adjacent to an activating group) is 1. The molecule has 2 aromatic rings. The van der Waals surface area contributed by atoms with Gasteiger partial charge >= 0.3 is 0 Å². The molecule has 0 radical (unpaired) electrons. The highest BCUT2D eigenvalue weighted by Gasteiger charge is 2.33. The summed E-state index contributed by atoms with van der Waals surface area (Å²) in [6.45, 7) is 9.90. The van der Waals surface area contributed by atoms with Gasteiger partial charge in [0.25, 0.3) is 0 Å². The van der Waals surface area contributed by atoms with Crippen LogP contribution in [0.3, 0.4) is 0 Å². The van der Waals surface area contributed by atoms with Crippen LogP contribution in [-0.4, -0.2) is 31.1 Å². The summed E-state index contributed by atoms with van der Waals surface area (Å²) < 4.78 is 0. The van der Waals surface area contributed by atoms with Crippen molar-refractivity contribution in [3.63, 3.8) is 0 Å². The minimum absolute atomic E-state index is 0.795. The third-order valence-corrected chi connectivity index (χ3v) is 7.44. The second-order valence-corrected chi connectivity index (χ2v) is 9.09. The molecule has 0 bridgehead atoms. The number of fused-ring (bicyclic) bond motifs is 5. The second-order valence-electron chi connectivity index (χ2n) is 9.09. The number of hydrogen-bond acceptors (Lipinski definition) is 3. The van der Waals surface area contributed by atoms with Gasteiger partial charge in [-0.1, -0.05) is 38.1 Å². The number of rotatable bonds is 2. The van der Waals surface area contributed by atoms with Crippen LogP contribution in [0.2, 0.25) is 0 Å². The van der Waals surface area contributed by atoms with Gasteiger partial charge in [0.05, 0.1) is 11.3 Å². The van der Waals surface area contributed by atoms with Gasteiger partial charge in [-0.2, -0.15) is 5.26 Å². The van der Waals surface area contributed by atoms with Gasteiger partial charge in [0.2, 0.25) is 0 Å². The summed E-state index contributed by atoms with van der Waals surface area (Å²) in [6, 6.07) is 11.6. The number of aryl methyl sites for hydroxylation is 1. The number of nitriles is 1. The first kappa shape index (κ1) is 18.7. The van der Waals surface area contributed by atoms with Crippen LogP contribution >= 0.6 is 0 Å². The lowest BCUT2D eigenvalue weighted by Crippen LogP contribution is -2.36. The van der Waals surface area contributed by atoms with Crippen molar-refractivity contribution in [3.05, 3.63) is 52.1 Å². The Balaban J connectivity index is 1.77. The highest BCUT2D eigenvalue weighted by molar-refractivity contribution is 5.86. The van der Waals surface area contributed by atoms with E-state index in [1.54, 1.807) is 0 Å². The molecule has 1 saturated heterocycles. The Morgan fingerprint density at radius 2 is 1.79 bits per heavy atom. The Kier molecular flexibility index (Phi) is 4.84. The molecule has 0 aromatic heterocycles. The van der Waals surface area contributed by atoms with Crippen LogP contribution in [0.5, 0.6) is 0 Å². The Morgan fingerprint density at radius 3 is 2.55 bits per heavy atom. The van der Waals surface area contributed by atoms with E-state index in [1.165, 1.54) is 51.9 Å². The summed E-state index contributed by atoms with van der Waals surface area (Å²) in [5.41, 5.74) is 10.8. The van der Waals surface area contributed by atoms with Gasteiger partial charge in [-0.25, -0.2) is 0 Å². The molecule has 0 atom stereocenters. The number of hydrogen-bond donors (Lipinski definition) is 0. The topological polar surface area (TPSA) is 30.3 Å². The molecule has 1 fully saturated rings. The summed E-state index contributed by atoms with van der Waals surface area (Å²) in [4.78, 5) is 5.08. The lowest BCUT2D eigenvalue weighted by molar-refractivity contribution is 0.268. The van der Waals surface area contributed by atoms with Crippen molar-refractivity contribution in [2.24, 2.45) is 5.92 Å². The van der Waals surface area contributed by atoms with Crippen LogP contribution in [0.15, 0.2) is 24.3 Å². The van der Waals surface area contributed by atoms with Gasteiger partial charge in [-0.3, -0.25) is 4.90 Å². The van der Waals surface area contributed by atoms with Gasteiger partial charge in [-0.15, -0.1) is 0 Å². The van der Waals surface area contributed by atoms with Crippen molar-refractivity contribution in [1.29, 1.82) is 5.26 Å². The molecule has 2 aliphatic heterocycles. The van der Waals surface area contributed by atoms with Crippen molar-refractivity contribution < 1.29 is 0 Å². The van der Waals surface area contributed by atoms with Crippen LogP contribution in [0.25, 0.3) is 11.1 Å². The van der Waals surface area contributed by atoms with Crippen molar-refractivity contribution in [2.75, 3.05) is 31.1 Å². The molecule has 2 heterocycles. The summed E-state index contributed by atoms with van der Waals surface area (Å²) in [6.07, 6.45) is 5.61. The van der Waals surface area contributed by atoms with Crippen LogP contribution in [0, 0.1) is 17.2 Å². The average Bonchev–Trinajstić information content (AvgIpc) is 2.78. The SMILES string of the molecule is CCN1CCc2c(C#N)c(N3CCC(C)CC3)c3c(c2C1)-c1ccccc1CC3. The Morgan fingerprint density at radius 1 is 1.00 bits per heavy atom. The van der Waals surface area contributed by atoms with Crippen molar-refractivity contribution in [3.8, 4) is 17.2 Å². The molecule has 3 aliphatic rings. The molecule has 5 rings (SSSR count). The van der Waals surface area contributed by atoms with E-state index in [0.29, 0.717) is 0 Å². The van der Waals surface area contributed by atoms with E-state index in [4.69, 9.17) is 0 Å². The Hall–Kier alpha value is -2.31. The van der Waals surface area contributed by atoms with Crippen molar-refractivity contribution in [2.45, 2.75) is 52.5 Å². The maximum Gasteiger partial charge on any atom is 0.102 e. The first-order chi connectivity index (χ1) is 14.2. The standard InChI is InChI=1S/C26H31N3/c1-3-28-13-12-21-23(16-27)26(29-14-10-18(2)11-15-29)22-9-8-19-6-4-5-7-20(19)25(22)24(21)17-28/h4-7,18H,3,8-15,17H2,1-2H3. The van der Waals surface area contributed by atoms with E-state index in [9.17, 15) is 5.26 Å². The quantitative estimate of drug-likeness (QED) is 0.734. The molecule has 1 aliphatic carbocycles. The minimum Gasteiger partial charge on any atom is -0.370 e. The molecule has 29 heavy (non-hydrogen) atoms. The first-order valence-electron chi connectivity index (χ1n) is 11.4.